The van der Waals surface area contributed by atoms with Crippen LogP contribution in [0.25, 0.3) is 0 Å². The number of aromatic nitrogens is 2. The molecule has 0 aliphatic carbocycles. The fourth-order valence-electron chi connectivity index (χ4n) is 2.97. The Labute approximate surface area is 169 Å². The maximum atomic E-state index is 12.1. The Morgan fingerprint density at radius 1 is 1.60 bits per heavy atom. The normalized spacial score (nSPS) is 22.8. The number of fused-ring (bicyclic) bond motifs is 1. The standard InChI is InChI=1S/C14H16N4O5S.Na/c1-5(19)9-6-3-7(10(14(21)22)18(6)13(9)20)24-12-11(15)16-4-8(17-12)23-2;/h4-6,9,19H,3H2,1-2H3,(H2,15,16)(H,21,22);/q;+1/p-1/t5-,6-,9-;/m1./s1. The van der Waals surface area contributed by atoms with Crippen LogP contribution in [-0.4, -0.2) is 51.1 Å². The van der Waals surface area contributed by atoms with Gasteiger partial charge in [0, 0.05) is 11.3 Å². The average Bonchev–Trinajstić information content (AvgIpc) is 2.83. The smallest absolute Gasteiger partial charge is 0.543 e. The van der Waals surface area contributed by atoms with E-state index < -0.39 is 29.9 Å². The van der Waals surface area contributed by atoms with Gasteiger partial charge < -0.3 is 30.4 Å². The minimum atomic E-state index is -1.45. The number of nitrogens with zero attached hydrogens (tertiary/aromatic N) is 3. The Morgan fingerprint density at radius 2 is 2.28 bits per heavy atom. The van der Waals surface area contributed by atoms with E-state index in [1.807, 2.05) is 0 Å². The van der Waals surface area contributed by atoms with Crippen LogP contribution in [0, 0.1) is 5.92 Å². The molecule has 3 rings (SSSR count). The van der Waals surface area contributed by atoms with E-state index in [-0.39, 0.29) is 58.4 Å². The molecule has 0 aromatic carbocycles. The number of nitrogen functional groups attached to an aromatic ring is 1. The van der Waals surface area contributed by atoms with Crippen molar-refractivity contribution >= 4 is 29.5 Å². The summed E-state index contributed by atoms with van der Waals surface area (Å²) in [4.78, 5) is 33.3. The average molecular weight is 374 g/mol. The number of methoxy groups -OCH3 is 1. The van der Waals surface area contributed by atoms with E-state index in [0.29, 0.717) is 4.91 Å². The number of β-lactam (4-membered cyclic amide) rings is 1. The molecule has 0 bridgehead atoms. The molecule has 3 N–H and O–H groups in total. The number of carboxylic acid groups (broad SMARTS) is 1. The molecule has 1 aromatic rings. The molecule has 11 heteroatoms. The van der Waals surface area contributed by atoms with Crippen LogP contribution >= 0.6 is 11.8 Å². The molecule has 1 amide bonds. The molecule has 1 fully saturated rings. The predicted octanol–water partition coefficient (Wildman–Crippen LogP) is -4.26. The van der Waals surface area contributed by atoms with Crippen molar-refractivity contribution in [3.8, 4) is 5.88 Å². The first-order valence-corrected chi connectivity index (χ1v) is 7.96. The van der Waals surface area contributed by atoms with Crippen LogP contribution in [0.2, 0.25) is 0 Å². The van der Waals surface area contributed by atoms with E-state index in [1.165, 1.54) is 25.1 Å². The van der Waals surface area contributed by atoms with E-state index >= 15 is 0 Å². The molecule has 3 atom stereocenters. The summed E-state index contributed by atoms with van der Waals surface area (Å²) in [6.45, 7) is 1.51. The van der Waals surface area contributed by atoms with Crippen molar-refractivity contribution in [2.24, 2.45) is 5.92 Å². The Bertz CT molecular complexity index is 757. The van der Waals surface area contributed by atoms with Crippen molar-refractivity contribution < 1.29 is 54.1 Å². The molecular formula is C14H15N4NaO5S. The molecule has 1 aromatic heterocycles. The number of ether oxygens (including phenoxy) is 1. The molecule has 25 heavy (non-hydrogen) atoms. The van der Waals surface area contributed by atoms with Crippen molar-refractivity contribution in [3.05, 3.63) is 16.8 Å². The molecule has 0 unspecified atom stereocenters. The maximum Gasteiger partial charge on any atom is 1.00 e. The van der Waals surface area contributed by atoms with E-state index in [4.69, 9.17) is 10.5 Å². The molecular weight excluding hydrogens is 359 g/mol. The number of aliphatic hydroxyl groups is 1. The molecule has 2 aliphatic heterocycles. The minimum absolute atomic E-state index is 0. The molecule has 3 heterocycles. The number of carbonyl (C=O) groups excluding carboxylic acids is 2. The number of carboxylic acids is 1. The van der Waals surface area contributed by atoms with Gasteiger partial charge in [0.05, 0.1) is 43.0 Å². The summed E-state index contributed by atoms with van der Waals surface area (Å²) in [7, 11) is 1.42. The number of nitrogens with two attached hydrogens (primary N) is 1. The Balaban J connectivity index is 0.00000225. The molecule has 0 radical (unpaired) electrons. The van der Waals surface area contributed by atoms with Crippen LogP contribution in [0.4, 0.5) is 5.82 Å². The SMILES string of the molecule is COc1cnc(N)c(SC2=C(C(=O)[O-])N3C(=O)[C@H]([C@@H](C)O)[C@H]3C2)n1.[Na+]. The largest absolute Gasteiger partial charge is 1.00 e. The third-order valence-electron chi connectivity index (χ3n) is 4.06. The number of hydrogen-bond donors (Lipinski definition) is 2. The van der Waals surface area contributed by atoms with Gasteiger partial charge in [0.25, 0.3) is 0 Å². The van der Waals surface area contributed by atoms with Crippen molar-refractivity contribution in [2.75, 3.05) is 12.8 Å². The number of aliphatic hydroxyl groups excluding tert-OH is 1. The molecule has 128 valence electrons. The Kier molecular flexibility index (Phi) is 6.00. The summed E-state index contributed by atoms with van der Waals surface area (Å²) >= 11 is 1.01. The number of anilines is 1. The summed E-state index contributed by atoms with van der Waals surface area (Å²) < 4.78 is 4.98. The van der Waals surface area contributed by atoms with Gasteiger partial charge in [-0.2, -0.15) is 0 Å². The van der Waals surface area contributed by atoms with Gasteiger partial charge in [0.2, 0.25) is 11.8 Å². The van der Waals surface area contributed by atoms with Crippen molar-refractivity contribution in [2.45, 2.75) is 30.5 Å². The van der Waals surface area contributed by atoms with Crippen LogP contribution < -0.4 is 45.1 Å². The first-order chi connectivity index (χ1) is 11.3. The first kappa shape index (κ1) is 20.0. The summed E-state index contributed by atoms with van der Waals surface area (Å²) in [5, 5.41) is 21.5. The quantitative estimate of drug-likeness (QED) is 0.387. The van der Waals surface area contributed by atoms with Gasteiger partial charge in [0.15, 0.2) is 5.82 Å². The van der Waals surface area contributed by atoms with Crippen LogP contribution in [0.3, 0.4) is 0 Å². The monoisotopic (exact) mass is 374 g/mol. The Morgan fingerprint density at radius 3 is 2.84 bits per heavy atom. The number of rotatable bonds is 5. The second-order valence-corrected chi connectivity index (χ2v) is 6.59. The number of hydrogen-bond acceptors (Lipinski definition) is 9. The van der Waals surface area contributed by atoms with Crippen molar-refractivity contribution in [1.82, 2.24) is 14.9 Å². The van der Waals surface area contributed by atoms with Crippen molar-refractivity contribution in [3.63, 3.8) is 0 Å². The number of aliphatic carboxylic acids is 1. The van der Waals surface area contributed by atoms with E-state index in [2.05, 4.69) is 9.97 Å². The molecule has 0 spiro atoms. The number of thioether (sulfide) groups is 1. The van der Waals surface area contributed by atoms with Crippen LogP contribution in [-0.2, 0) is 9.59 Å². The van der Waals surface area contributed by atoms with E-state index in [1.54, 1.807) is 0 Å². The zero-order valence-corrected chi connectivity index (χ0v) is 16.7. The third-order valence-corrected chi connectivity index (χ3v) is 5.16. The maximum absolute atomic E-state index is 12.1. The van der Waals surface area contributed by atoms with Gasteiger partial charge in [-0.25, -0.2) is 9.97 Å². The molecule has 9 nitrogen and oxygen atoms in total. The van der Waals surface area contributed by atoms with Gasteiger partial charge in [-0.1, -0.05) is 11.8 Å². The second kappa shape index (κ2) is 7.50. The zero-order chi connectivity index (χ0) is 17.6. The fraction of sp³-hybridized carbons (Fsp3) is 0.429. The summed E-state index contributed by atoms with van der Waals surface area (Å²) in [6, 6.07) is -0.396. The molecule has 2 aliphatic rings. The van der Waals surface area contributed by atoms with Gasteiger partial charge in [0.1, 0.15) is 5.03 Å². The van der Waals surface area contributed by atoms with Gasteiger partial charge in [-0.05, 0) is 6.92 Å². The Hall–Kier alpha value is -1.33. The second-order valence-electron chi connectivity index (χ2n) is 5.51. The van der Waals surface area contributed by atoms with Gasteiger partial charge in [-0.15, -0.1) is 0 Å². The van der Waals surface area contributed by atoms with Crippen molar-refractivity contribution in [1.29, 1.82) is 0 Å². The fourth-order valence-corrected chi connectivity index (χ4v) is 4.03. The first-order valence-electron chi connectivity index (χ1n) is 7.15. The summed E-state index contributed by atoms with van der Waals surface area (Å²) in [5.74, 6) is -2.13. The summed E-state index contributed by atoms with van der Waals surface area (Å²) in [5.41, 5.74) is 5.58. The van der Waals surface area contributed by atoms with Gasteiger partial charge >= 0.3 is 29.6 Å². The topological polar surface area (TPSA) is 142 Å². The molecule has 0 saturated carbocycles. The summed E-state index contributed by atoms with van der Waals surface area (Å²) in [6.07, 6.45) is 0.781. The molecule has 1 saturated heterocycles. The predicted molar refractivity (Wildman–Crippen MR) is 81.3 cm³/mol. The third kappa shape index (κ3) is 3.36. The van der Waals surface area contributed by atoms with Gasteiger partial charge in [-0.3, -0.25) is 4.79 Å². The van der Waals surface area contributed by atoms with Crippen LogP contribution in [0.15, 0.2) is 21.8 Å². The van der Waals surface area contributed by atoms with E-state index in [9.17, 15) is 19.8 Å². The van der Waals surface area contributed by atoms with Crippen LogP contribution in [0.5, 0.6) is 5.88 Å². The number of amides is 1. The van der Waals surface area contributed by atoms with E-state index in [0.717, 1.165) is 11.8 Å². The van der Waals surface area contributed by atoms with Crippen LogP contribution in [0.1, 0.15) is 13.3 Å². The number of carbonyl (C=O) groups is 2. The zero-order valence-electron chi connectivity index (χ0n) is 13.9. The minimum Gasteiger partial charge on any atom is -0.543 e.